The standard InChI is InChI=1S/C27H25F2N5O6/c1-15(35)31-11-18-13-33(26(37)39-18)16-4-6-20(22(28)9-16)21-7-5-17(10-23(21)29)34-14-19(40-27(34)38)12-32-25(36)24-3-2-8-30-24/h2-10,18-19,30H,11-14H2,1H3,(H,31,35)(H,32,36)/t18-,19-/m0/s1. The van der Waals surface area contributed by atoms with Crippen LogP contribution in [-0.4, -0.2) is 67.4 Å². The van der Waals surface area contributed by atoms with E-state index in [1.165, 1.54) is 41.0 Å². The number of ether oxygens (including phenoxy) is 2. The molecule has 0 radical (unpaired) electrons. The third-order valence-corrected chi connectivity index (χ3v) is 6.48. The van der Waals surface area contributed by atoms with Crippen LogP contribution in [0.4, 0.5) is 29.7 Å². The largest absolute Gasteiger partial charge is 0.442 e. The fourth-order valence-corrected chi connectivity index (χ4v) is 4.49. The van der Waals surface area contributed by atoms with Crippen molar-refractivity contribution in [3.63, 3.8) is 0 Å². The van der Waals surface area contributed by atoms with Crippen molar-refractivity contribution in [3.8, 4) is 11.1 Å². The number of H-pyrrole nitrogens is 1. The zero-order valence-corrected chi connectivity index (χ0v) is 21.3. The number of amides is 4. The van der Waals surface area contributed by atoms with Gasteiger partial charge < -0.3 is 25.1 Å². The number of aromatic nitrogens is 1. The summed E-state index contributed by atoms with van der Waals surface area (Å²) in [5.41, 5.74) is 0.728. The monoisotopic (exact) mass is 553 g/mol. The molecule has 0 spiro atoms. The predicted octanol–water partition coefficient (Wildman–Crippen LogP) is 3.18. The molecule has 2 atom stereocenters. The lowest BCUT2D eigenvalue weighted by molar-refractivity contribution is -0.119. The fraction of sp³-hybridized carbons (Fsp3) is 0.259. The van der Waals surface area contributed by atoms with E-state index in [0.717, 1.165) is 12.1 Å². The van der Waals surface area contributed by atoms with Crippen LogP contribution in [0.15, 0.2) is 54.7 Å². The summed E-state index contributed by atoms with van der Waals surface area (Å²) >= 11 is 0. The van der Waals surface area contributed by atoms with Gasteiger partial charge in [0.25, 0.3) is 5.91 Å². The molecule has 11 nitrogen and oxygen atoms in total. The Labute approximate surface area is 227 Å². The van der Waals surface area contributed by atoms with Crippen molar-refractivity contribution in [2.24, 2.45) is 0 Å². The van der Waals surface area contributed by atoms with Gasteiger partial charge in [0.1, 0.15) is 29.5 Å². The molecule has 40 heavy (non-hydrogen) atoms. The van der Waals surface area contributed by atoms with Crippen LogP contribution in [0.1, 0.15) is 17.4 Å². The Morgan fingerprint density at radius 1 is 0.875 bits per heavy atom. The molecule has 1 aromatic heterocycles. The lowest BCUT2D eigenvalue weighted by Crippen LogP contribution is -2.34. The van der Waals surface area contributed by atoms with Crippen LogP contribution in [0.25, 0.3) is 11.1 Å². The van der Waals surface area contributed by atoms with Gasteiger partial charge >= 0.3 is 12.2 Å². The number of hydrogen-bond donors (Lipinski definition) is 3. The average Bonchev–Trinajstić information content (AvgIpc) is 3.67. The van der Waals surface area contributed by atoms with Crippen molar-refractivity contribution in [1.29, 1.82) is 0 Å². The summed E-state index contributed by atoms with van der Waals surface area (Å²) < 4.78 is 40.7. The van der Waals surface area contributed by atoms with Crippen LogP contribution in [0.2, 0.25) is 0 Å². The van der Waals surface area contributed by atoms with Gasteiger partial charge in [-0.1, -0.05) is 0 Å². The number of hydrogen-bond acceptors (Lipinski definition) is 6. The molecule has 0 unspecified atom stereocenters. The Bertz CT molecular complexity index is 1460. The molecule has 0 aliphatic carbocycles. The number of cyclic esters (lactones) is 2. The Kier molecular flexibility index (Phi) is 7.36. The Morgan fingerprint density at radius 2 is 1.40 bits per heavy atom. The number of anilines is 2. The molecule has 5 rings (SSSR count). The number of benzene rings is 2. The molecule has 2 aliphatic heterocycles. The van der Waals surface area contributed by atoms with E-state index in [4.69, 9.17) is 9.47 Å². The first-order chi connectivity index (χ1) is 19.2. The van der Waals surface area contributed by atoms with Gasteiger partial charge in [0.05, 0.1) is 37.6 Å². The lowest BCUT2D eigenvalue weighted by Gasteiger charge is -2.16. The highest BCUT2D eigenvalue weighted by Gasteiger charge is 2.34. The Hall–Kier alpha value is -4.94. The van der Waals surface area contributed by atoms with Crippen molar-refractivity contribution >= 4 is 35.4 Å². The van der Waals surface area contributed by atoms with E-state index in [1.54, 1.807) is 18.3 Å². The summed E-state index contributed by atoms with van der Waals surface area (Å²) in [6.07, 6.45) is -1.00. The zero-order valence-electron chi connectivity index (χ0n) is 21.3. The molecular formula is C27H25F2N5O6. The van der Waals surface area contributed by atoms with E-state index in [9.17, 15) is 19.2 Å². The molecular weight excluding hydrogens is 528 g/mol. The molecule has 2 aliphatic rings. The molecule has 2 aromatic carbocycles. The molecule has 3 heterocycles. The van der Waals surface area contributed by atoms with Gasteiger partial charge in [-0.2, -0.15) is 0 Å². The van der Waals surface area contributed by atoms with E-state index in [0.29, 0.717) is 5.69 Å². The van der Waals surface area contributed by atoms with Crippen molar-refractivity contribution in [2.75, 3.05) is 36.0 Å². The summed E-state index contributed by atoms with van der Waals surface area (Å²) in [6, 6.07) is 11.1. The maximum absolute atomic E-state index is 15.1. The highest BCUT2D eigenvalue weighted by atomic mass is 19.1. The van der Waals surface area contributed by atoms with Gasteiger partial charge in [0.2, 0.25) is 5.91 Å². The van der Waals surface area contributed by atoms with Crippen molar-refractivity contribution in [1.82, 2.24) is 15.6 Å². The van der Waals surface area contributed by atoms with Crippen LogP contribution in [0.5, 0.6) is 0 Å². The number of rotatable bonds is 8. The maximum atomic E-state index is 15.1. The second-order valence-electron chi connectivity index (χ2n) is 9.29. The number of aromatic amines is 1. The highest BCUT2D eigenvalue weighted by molar-refractivity contribution is 5.93. The van der Waals surface area contributed by atoms with Crippen LogP contribution in [0.3, 0.4) is 0 Å². The van der Waals surface area contributed by atoms with E-state index in [-0.39, 0.29) is 60.5 Å². The molecule has 3 aromatic rings. The zero-order chi connectivity index (χ0) is 28.4. The summed E-state index contributed by atoms with van der Waals surface area (Å²) in [7, 11) is 0. The van der Waals surface area contributed by atoms with E-state index in [1.807, 2.05) is 0 Å². The highest BCUT2D eigenvalue weighted by Crippen LogP contribution is 2.33. The molecule has 0 bridgehead atoms. The van der Waals surface area contributed by atoms with Crippen molar-refractivity contribution < 1.29 is 37.4 Å². The minimum absolute atomic E-state index is 0.0379. The van der Waals surface area contributed by atoms with E-state index < -0.39 is 36.0 Å². The van der Waals surface area contributed by atoms with E-state index in [2.05, 4.69) is 15.6 Å². The molecule has 13 heteroatoms. The number of carbonyl (C=O) groups is 4. The van der Waals surface area contributed by atoms with Crippen molar-refractivity contribution in [3.05, 3.63) is 72.1 Å². The number of carbonyl (C=O) groups excluding carboxylic acids is 4. The molecule has 4 amide bonds. The second-order valence-corrected chi connectivity index (χ2v) is 9.29. The first kappa shape index (κ1) is 26.7. The molecule has 2 fully saturated rings. The Morgan fingerprint density at radius 3 is 1.85 bits per heavy atom. The van der Waals surface area contributed by atoms with Gasteiger partial charge in [-0.3, -0.25) is 19.4 Å². The smallest absolute Gasteiger partial charge is 0.414 e. The average molecular weight is 554 g/mol. The second kappa shape index (κ2) is 11.0. The van der Waals surface area contributed by atoms with Crippen LogP contribution in [0, 0.1) is 11.6 Å². The molecule has 2 saturated heterocycles. The normalized spacial score (nSPS) is 18.5. The number of nitrogens with zero attached hydrogens (tertiary/aromatic N) is 2. The maximum Gasteiger partial charge on any atom is 0.414 e. The van der Waals surface area contributed by atoms with Crippen LogP contribution in [-0.2, 0) is 14.3 Å². The van der Waals surface area contributed by atoms with Gasteiger partial charge in [-0.05, 0) is 48.5 Å². The van der Waals surface area contributed by atoms with Gasteiger partial charge in [0, 0.05) is 24.2 Å². The number of halogens is 2. The minimum Gasteiger partial charge on any atom is -0.442 e. The number of nitrogens with one attached hydrogen (secondary N) is 3. The summed E-state index contributed by atoms with van der Waals surface area (Å²) in [4.78, 5) is 53.1. The van der Waals surface area contributed by atoms with Gasteiger partial charge in [0.15, 0.2) is 0 Å². The first-order valence-electron chi connectivity index (χ1n) is 12.4. The van der Waals surface area contributed by atoms with Gasteiger partial charge in [-0.15, -0.1) is 0 Å². The quantitative estimate of drug-likeness (QED) is 0.393. The SMILES string of the molecule is CC(=O)NC[C@H]1CN(c2ccc(-c3ccc(N4C[C@H](CNC(=O)c5ccc[nH]5)OC4=O)cc3F)c(F)c2)C(=O)O1. The van der Waals surface area contributed by atoms with Crippen molar-refractivity contribution in [2.45, 2.75) is 19.1 Å². The fourth-order valence-electron chi connectivity index (χ4n) is 4.49. The Balaban J connectivity index is 1.24. The van der Waals surface area contributed by atoms with Crippen LogP contribution < -0.4 is 20.4 Å². The topological polar surface area (TPSA) is 133 Å². The minimum atomic E-state index is -0.767. The lowest BCUT2D eigenvalue weighted by atomic mass is 10.0. The summed E-state index contributed by atoms with van der Waals surface area (Å²) in [6.45, 7) is 1.74. The third kappa shape index (κ3) is 5.58. The first-order valence-corrected chi connectivity index (χ1v) is 12.4. The summed E-state index contributed by atoms with van der Waals surface area (Å²) in [5.74, 6) is -2.15. The molecule has 208 valence electrons. The van der Waals surface area contributed by atoms with Crippen LogP contribution >= 0.6 is 0 Å². The van der Waals surface area contributed by atoms with E-state index >= 15 is 8.78 Å². The molecule has 0 saturated carbocycles. The molecule has 3 N–H and O–H groups in total. The predicted molar refractivity (Wildman–Crippen MR) is 139 cm³/mol. The van der Waals surface area contributed by atoms with Gasteiger partial charge in [-0.25, -0.2) is 18.4 Å². The summed E-state index contributed by atoms with van der Waals surface area (Å²) in [5, 5.41) is 5.23. The third-order valence-electron chi connectivity index (χ3n) is 6.48.